The Morgan fingerprint density at radius 2 is 2.15 bits per heavy atom. The number of rotatable bonds is 1. The van der Waals surface area contributed by atoms with Gasteiger partial charge in [0.25, 0.3) is 0 Å². The van der Waals surface area contributed by atoms with Gasteiger partial charge >= 0.3 is 0 Å². The fourth-order valence-electron chi connectivity index (χ4n) is 4.20. The third-order valence-electron chi connectivity index (χ3n) is 5.48. The van der Waals surface area contributed by atoms with E-state index in [0.717, 1.165) is 31.4 Å². The first-order chi connectivity index (χ1) is 9.63. The zero-order valence-electron chi connectivity index (χ0n) is 12.1. The van der Waals surface area contributed by atoms with Crippen LogP contribution in [0.4, 0.5) is 0 Å². The topological polar surface area (TPSA) is 29.5 Å². The molecular formula is C18H20O2. The summed E-state index contributed by atoms with van der Waals surface area (Å²) in [5.41, 5.74) is 7.12. The molecule has 0 spiro atoms. The molecule has 4 rings (SSSR count). The quantitative estimate of drug-likeness (QED) is 0.844. The van der Waals surface area contributed by atoms with E-state index in [2.05, 4.69) is 31.2 Å². The Morgan fingerprint density at radius 1 is 1.30 bits per heavy atom. The average molecular weight is 268 g/mol. The van der Waals surface area contributed by atoms with Crippen molar-refractivity contribution in [2.45, 2.75) is 38.7 Å². The molecule has 20 heavy (non-hydrogen) atoms. The first kappa shape index (κ1) is 12.2. The molecule has 2 heteroatoms. The summed E-state index contributed by atoms with van der Waals surface area (Å²) in [6.45, 7) is 2.23. The maximum Gasteiger partial charge on any atom is 0.119 e. The molecule has 0 amide bonds. The predicted molar refractivity (Wildman–Crippen MR) is 79.7 cm³/mol. The van der Waals surface area contributed by atoms with Crippen LogP contribution in [-0.4, -0.2) is 18.3 Å². The van der Waals surface area contributed by atoms with Crippen LogP contribution in [0.3, 0.4) is 0 Å². The van der Waals surface area contributed by atoms with Crippen molar-refractivity contribution in [2.24, 2.45) is 5.41 Å². The fourth-order valence-corrected chi connectivity index (χ4v) is 4.20. The number of ether oxygens (including phenoxy) is 1. The minimum atomic E-state index is -0.204. The van der Waals surface area contributed by atoms with Crippen LogP contribution in [0.2, 0.25) is 0 Å². The summed E-state index contributed by atoms with van der Waals surface area (Å²) in [6.07, 6.45) is 6.01. The van der Waals surface area contributed by atoms with Crippen molar-refractivity contribution in [1.82, 2.24) is 0 Å². The molecule has 0 aliphatic heterocycles. The molecule has 3 aliphatic rings. The van der Waals surface area contributed by atoms with Gasteiger partial charge in [0.05, 0.1) is 13.2 Å². The van der Waals surface area contributed by atoms with Crippen molar-refractivity contribution in [1.29, 1.82) is 0 Å². The van der Waals surface area contributed by atoms with Gasteiger partial charge in [0.15, 0.2) is 0 Å². The molecule has 1 N–H and O–H groups in total. The highest BCUT2D eigenvalue weighted by Crippen LogP contribution is 2.56. The Kier molecular flexibility index (Phi) is 2.43. The smallest absolute Gasteiger partial charge is 0.119 e. The fraction of sp³-hybridized carbons (Fsp3) is 0.444. The molecule has 104 valence electrons. The largest absolute Gasteiger partial charge is 0.497 e. The van der Waals surface area contributed by atoms with Crippen molar-refractivity contribution < 1.29 is 9.84 Å². The molecular weight excluding hydrogens is 248 g/mol. The lowest BCUT2D eigenvalue weighted by atomic mass is 9.69. The SMILES string of the molecule is COc1ccc2c(c1)CC1=C2CCC2(C)C1=CC[C@@H]2O. The van der Waals surface area contributed by atoms with Gasteiger partial charge in [-0.2, -0.15) is 0 Å². The van der Waals surface area contributed by atoms with Crippen LogP contribution in [0.1, 0.15) is 37.3 Å². The monoisotopic (exact) mass is 268 g/mol. The lowest BCUT2D eigenvalue weighted by Crippen LogP contribution is -2.32. The maximum absolute atomic E-state index is 10.3. The number of hydrogen-bond acceptors (Lipinski definition) is 2. The van der Waals surface area contributed by atoms with Gasteiger partial charge in [-0.3, -0.25) is 0 Å². The molecule has 2 nitrogen and oxygen atoms in total. The number of aliphatic hydroxyl groups is 1. The molecule has 0 radical (unpaired) electrons. The van der Waals surface area contributed by atoms with Crippen LogP contribution < -0.4 is 4.74 Å². The molecule has 2 atom stereocenters. The average Bonchev–Trinajstić information content (AvgIpc) is 2.96. The van der Waals surface area contributed by atoms with E-state index in [1.54, 1.807) is 7.11 Å². The Labute approximate surface area is 119 Å². The molecule has 1 unspecified atom stereocenters. The van der Waals surface area contributed by atoms with Crippen LogP contribution in [0.5, 0.6) is 5.75 Å². The second-order valence-electron chi connectivity index (χ2n) is 6.44. The minimum Gasteiger partial charge on any atom is -0.497 e. The highest BCUT2D eigenvalue weighted by atomic mass is 16.5. The highest BCUT2D eigenvalue weighted by Gasteiger charge is 2.46. The number of aliphatic hydroxyl groups excluding tert-OH is 1. The van der Waals surface area contributed by atoms with E-state index in [-0.39, 0.29) is 11.5 Å². The summed E-state index contributed by atoms with van der Waals surface area (Å²) in [7, 11) is 1.72. The molecule has 0 saturated heterocycles. The zero-order chi connectivity index (χ0) is 13.9. The second-order valence-corrected chi connectivity index (χ2v) is 6.44. The molecule has 0 saturated carbocycles. The lowest BCUT2D eigenvalue weighted by Gasteiger charge is -2.37. The van der Waals surface area contributed by atoms with E-state index < -0.39 is 0 Å². The zero-order valence-corrected chi connectivity index (χ0v) is 12.1. The first-order valence-corrected chi connectivity index (χ1v) is 7.42. The van der Waals surface area contributed by atoms with Crippen LogP contribution in [0.25, 0.3) is 5.57 Å². The standard InChI is InChI=1S/C18H20O2/c1-18-8-7-14-13-4-3-12(20-2)9-11(13)10-15(14)16(18)5-6-17(18)19/h3-5,9,17,19H,6-8,10H2,1-2H3/t17-,18?/m0/s1. The molecule has 1 aromatic rings. The van der Waals surface area contributed by atoms with Crippen molar-refractivity contribution >= 4 is 5.57 Å². The lowest BCUT2D eigenvalue weighted by molar-refractivity contribution is 0.0732. The van der Waals surface area contributed by atoms with Gasteiger partial charge in [-0.15, -0.1) is 0 Å². The summed E-state index contributed by atoms with van der Waals surface area (Å²) in [5, 5.41) is 10.3. The van der Waals surface area contributed by atoms with E-state index in [1.165, 1.54) is 27.8 Å². The van der Waals surface area contributed by atoms with E-state index in [4.69, 9.17) is 4.74 Å². The Hall–Kier alpha value is -1.54. The summed E-state index contributed by atoms with van der Waals surface area (Å²) in [5.74, 6) is 0.937. The minimum absolute atomic E-state index is 0.0229. The van der Waals surface area contributed by atoms with Crippen molar-refractivity contribution in [3.05, 3.63) is 46.5 Å². The first-order valence-electron chi connectivity index (χ1n) is 7.42. The van der Waals surface area contributed by atoms with Crippen LogP contribution >= 0.6 is 0 Å². The van der Waals surface area contributed by atoms with Gasteiger partial charge in [-0.1, -0.05) is 19.1 Å². The van der Waals surface area contributed by atoms with E-state index >= 15 is 0 Å². The third kappa shape index (κ3) is 1.43. The highest BCUT2D eigenvalue weighted by molar-refractivity contribution is 5.82. The van der Waals surface area contributed by atoms with Crippen molar-refractivity contribution in [3.63, 3.8) is 0 Å². The number of allylic oxidation sites excluding steroid dienone is 2. The normalized spacial score (nSPS) is 30.8. The van der Waals surface area contributed by atoms with Crippen LogP contribution in [-0.2, 0) is 6.42 Å². The number of methoxy groups -OCH3 is 1. The Morgan fingerprint density at radius 3 is 2.95 bits per heavy atom. The van der Waals surface area contributed by atoms with E-state index in [0.29, 0.717) is 0 Å². The van der Waals surface area contributed by atoms with Gasteiger partial charge in [-0.05, 0) is 65.7 Å². The third-order valence-corrected chi connectivity index (χ3v) is 5.48. The molecule has 0 bridgehead atoms. The summed E-state index contributed by atoms with van der Waals surface area (Å²) in [4.78, 5) is 0. The van der Waals surface area contributed by atoms with Gasteiger partial charge in [0.1, 0.15) is 5.75 Å². The summed E-state index contributed by atoms with van der Waals surface area (Å²) in [6, 6.07) is 6.42. The van der Waals surface area contributed by atoms with Crippen molar-refractivity contribution in [2.75, 3.05) is 7.11 Å². The summed E-state index contributed by atoms with van der Waals surface area (Å²) >= 11 is 0. The van der Waals surface area contributed by atoms with Gasteiger partial charge in [0.2, 0.25) is 0 Å². The Balaban J connectivity index is 1.80. The number of fused-ring (bicyclic) bond motifs is 4. The van der Waals surface area contributed by atoms with Crippen LogP contribution in [0, 0.1) is 5.41 Å². The molecule has 0 heterocycles. The van der Waals surface area contributed by atoms with Crippen LogP contribution in [0.15, 0.2) is 35.4 Å². The molecule has 0 fully saturated rings. The molecule has 1 aromatic carbocycles. The molecule has 3 aliphatic carbocycles. The number of hydrogen-bond donors (Lipinski definition) is 1. The van der Waals surface area contributed by atoms with Crippen molar-refractivity contribution in [3.8, 4) is 5.75 Å². The van der Waals surface area contributed by atoms with E-state index in [9.17, 15) is 5.11 Å². The van der Waals surface area contributed by atoms with Gasteiger partial charge < -0.3 is 9.84 Å². The predicted octanol–water partition coefficient (Wildman–Crippen LogP) is 3.50. The number of benzene rings is 1. The van der Waals surface area contributed by atoms with Gasteiger partial charge in [0, 0.05) is 5.41 Å². The molecule has 0 aromatic heterocycles. The Bertz CT molecular complexity index is 653. The summed E-state index contributed by atoms with van der Waals surface area (Å²) < 4.78 is 5.34. The second kappa shape index (κ2) is 3.98. The van der Waals surface area contributed by atoms with Gasteiger partial charge in [-0.25, -0.2) is 0 Å². The maximum atomic E-state index is 10.3. The van der Waals surface area contributed by atoms with E-state index in [1.807, 2.05) is 0 Å².